The number of anilines is 2. The Morgan fingerprint density at radius 1 is 1.03 bits per heavy atom. The first-order valence-corrected chi connectivity index (χ1v) is 13.6. The summed E-state index contributed by atoms with van der Waals surface area (Å²) < 4.78 is 27.8. The average molecular weight is 522 g/mol. The molecule has 10 heteroatoms. The standard InChI is InChI=1S/C28H33F2N7O/c29-28(30)10-14-36(15-11-28)24(19-16-32-27(33-17-19)37-12-1-2-13-37)18-31-26(38)22-4-3-5-23-21(22)8-9-25(35-23)34-20-6-7-20/h3-5,8-9,16-17,20,24H,1-2,6-7,10-15,18H2,(H,31,38)(H,34,35). The molecule has 1 atom stereocenters. The fraction of sp³-hybridized carbons (Fsp3) is 0.500. The van der Waals surface area contributed by atoms with Gasteiger partial charge in [-0.1, -0.05) is 6.07 Å². The van der Waals surface area contributed by atoms with E-state index in [1.54, 1.807) is 18.5 Å². The van der Waals surface area contributed by atoms with Crippen molar-refractivity contribution in [3.8, 4) is 0 Å². The van der Waals surface area contributed by atoms with Gasteiger partial charge in [0.15, 0.2) is 0 Å². The smallest absolute Gasteiger partial charge is 0.252 e. The summed E-state index contributed by atoms with van der Waals surface area (Å²) in [6, 6.07) is 9.56. The normalized spacial score (nSPS) is 20.4. The van der Waals surface area contributed by atoms with Crippen LogP contribution in [0.25, 0.3) is 10.9 Å². The number of piperidine rings is 1. The Kier molecular flexibility index (Phi) is 6.82. The third kappa shape index (κ3) is 5.55. The number of alkyl halides is 2. The van der Waals surface area contributed by atoms with Crippen molar-refractivity contribution in [2.75, 3.05) is 42.9 Å². The summed E-state index contributed by atoms with van der Waals surface area (Å²) in [6.07, 6.45) is 7.73. The zero-order chi connectivity index (χ0) is 26.1. The minimum absolute atomic E-state index is 0.198. The molecule has 2 N–H and O–H groups in total. The summed E-state index contributed by atoms with van der Waals surface area (Å²) in [5.41, 5.74) is 2.11. The van der Waals surface area contributed by atoms with Gasteiger partial charge in [-0.05, 0) is 49.9 Å². The number of nitrogens with one attached hydrogen (secondary N) is 2. The highest BCUT2D eigenvalue weighted by molar-refractivity contribution is 6.06. The first-order valence-electron chi connectivity index (χ1n) is 13.6. The summed E-state index contributed by atoms with van der Waals surface area (Å²) in [5, 5.41) is 7.23. The molecule has 4 heterocycles. The van der Waals surface area contributed by atoms with Crippen molar-refractivity contribution in [2.45, 2.75) is 56.5 Å². The SMILES string of the molecule is O=C(NCC(c1cnc(N2CCCC2)nc1)N1CCC(F)(F)CC1)c1cccc2nc(NC3CC3)ccc12. The lowest BCUT2D eigenvalue weighted by molar-refractivity contribution is -0.0632. The van der Waals surface area contributed by atoms with E-state index in [1.165, 1.54) is 0 Å². The van der Waals surface area contributed by atoms with Crippen LogP contribution in [0.5, 0.6) is 0 Å². The number of fused-ring (bicyclic) bond motifs is 1. The van der Waals surface area contributed by atoms with Crippen LogP contribution < -0.4 is 15.5 Å². The van der Waals surface area contributed by atoms with Crippen molar-refractivity contribution in [2.24, 2.45) is 0 Å². The van der Waals surface area contributed by atoms with E-state index < -0.39 is 5.92 Å². The van der Waals surface area contributed by atoms with E-state index in [2.05, 4.69) is 30.5 Å². The molecule has 200 valence electrons. The predicted molar refractivity (Wildman–Crippen MR) is 143 cm³/mol. The number of nitrogens with zero attached hydrogens (tertiary/aromatic N) is 5. The van der Waals surface area contributed by atoms with Gasteiger partial charge in [0.2, 0.25) is 5.95 Å². The molecule has 38 heavy (non-hydrogen) atoms. The highest BCUT2D eigenvalue weighted by Crippen LogP contribution is 2.32. The van der Waals surface area contributed by atoms with Crippen molar-refractivity contribution in [1.29, 1.82) is 0 Å². The minimum atomic E-state index is -2.65. The van der Waals surface area contributed by atoms with Crippen molar-refractivity contribution in [1.82, 2.24) is 25.2 Å². The summed E-state index contributed by atoms with van der Waals surface area (Å²) in [6.45, 7) is 2.64. The number of hydrogen-bond donors (Lipinski definition) is 2. The van der Waals surface area contributed by atoms with E-state index in [-0.39, 0.29) is 44.4 Å². The van der Waals surface area contributed by atoms with Crippen LogP contribution in [0, 0.1) is 0 Å². The Balaban J connectivity index is 1.20. The Hall–Kier alpha value is -3.40. The van der Waals surface area contributed by atoms with Crippen LogP contribution in [0.1, 0.15) is 60.5 Å². The number of pyridine rings is 1. The number of carbonyl (C=O) groups excluding carboxylic acids is 1. The maximum Gasteiger partial charge on any atom is 0.252 e. The summed E-state index contributed by atoms with van der Waals surface area (Å²) in [4.78, 5) is 31.3. The fourth-order valence-corrected chi connectivity index (χ4v) is 5.36. The van der Waals surface area contributed by atoms with Crippen molar-refractivity contribution < 1.29 is 13.6 Å². The van der Waals surface area contributed by atoms with E-state index in [4.69, 9.17) is 0 Å². The Morgan fingerprint density at radius 3 is 2.47 bits per heavy atom. The van der Waals surface area contributed by atoms with Crippen molar-refractivity contribution in [3.63, 3.8) is 0 Å². The van der Waals surface area contributed by atoms with E-state index in [0.717, 1.165) is 61.1 Å². The second kappa shape index (κ2) is 10.4. The molecule has 3 aromatic rings. The summed E-state index contributed by atoms with van der Waals surface area (Å²) in [7, 11) is 0. The number of rotatable bonds is 8. The number of aromatic nitrogens is 3. The lowest BCUT2D eigenvalue weighted by Crippen LogP contribution is -2.45. The van der Waals surface area contributed by atoms with E-state index in [0.29, 0.717) is 17.6 Å². The molecule has 1 unspecified atom stereocenters. The van der Waals surface area contributed by atoms with Crippen molar-refractivity contribution in [3.05, 3.63) is 53.9 Å². The number of halogens is 2. The molecule has 8 nitrogen and oxygen atoms in total. The molecule has 2 aromatic heterocycles. The number of likely N-dealkylation sites (tertiary alicyclic amines) is 1. The average Bonchev–Trinajstić information content (AvgIpc) is 3.57. The maximum atomic E-state index is 13.9. The molecule has 0 radical (unpaired) electrons. The van der Waals surface area contributed by atoms with E-state index in [1.807, 2.05) is 29.2 Å². The molecule has 1 amide bonds. The van der Waals surface area contributed by atoms with Gasteiger partial charge in [-0.15, -0.1) is 0 Å². The van der Waals surface area contributed by atoms with E-state index >= 15 is 0 Å². The molecule has 1 aliphatic carbocycles. The number of benzene rings is 1. The van der Waals surface area contributed by atoms with Gasteiger partial charge >= 0.3 is 0 Å². The highest BCUT2D eigenvalue weighted by Gasteiger charge is 2.37. The van der Waals surface area contributed by atoms with Gasteiger partial charge in [-0.25, -0.2) is 23.7 Å². The largest absolute Gasteiger partial charge is 0.367 e. The molecular formula is C28H33F2N7O. The van der Waals surface area contributed by atoms with Crippen LogP contribution in [-0.2, 0) is 0 Å². The fourth-order valence-electron chi connectivity index (χ4n) is 5.36. The molecular weight excluding hydrogens is 488 g/mol. The molecule has 3 aliphatic rings. The van der Waals surface area contributed by atoms with Gasteiger partial charge in [0.1, 0.15) is 5.82 Å². The molecule has 0 bridgehead atoms. The zero-order valence-electron chi connectivity index (χ0n) is 21.4. The molecule has 2 aliphatic heterocycles. The molecule has 1 aromatic carbocycles. The van der Waals surface area contributed by atoms with Gasteiger partial charge in [-0.2, -0.15) is 0 Å². The van der Waals surface area contributed by atoms with Crippen LogP contribution in [-0.4, -0.2) is 70.4 Å². The Labute approximate surface area is 220 Å². The molecule has 3 fully saturated rings. The van der Waals surface area contributed by atoms with Gasteiger partial charge in [0, 0.05) is 80.5 Å². The van der Waals surface area contributed by atoms with Crippen LogP contribution in [0.3, 0.4) is 0 Å². The first-order chi connectivity index (χ1) is 18.4. The third-order valence-electron chi connectivity index (χ3n) is 7.76. The summed E-state index contributed by atoms with van der Waals surface area (Å²) in [5.74, 6) is -1.36. The highest BCUT2D eigenvalue weighted by atomic mass is 19.3. The topological polar surface area (TPSA) is 86.3 Å². The predicted octanol–water partition coefficient (Wildman–Crippen LogP) is 4.40. The summed E-state index contributed by atoms with van der Waals surface area (Å²) >= 11 is 0. The van der Waals surface area contributed by atoms with Gasteiger partial charge in [-0.3, -0.25) is 9.69 Å². The van der Waals surface area contributed by atoms with E-state index in [9.17, 15) is 13.6 Å². The number of hydrogen-bond acceptors (Lipinski definition) is 7. The van der Waals surface area contributed by atoms with Crippen LogP contribution in [0.15, 0.2) is 42.7 Å². The Bertz CT molecular complexity index is 1280. The quantitative estimate of drug-likeness (QED) is 0.454. The minimum Gasteiger partial charge on any atom is -0.367 e. The maximum absolute atomic E-state index is 13.9. The molecule has 1 saturated carbocycles. The second-order valence-electron chi connectivity index (χ2n) is 10.6. The number of amides is 1. The lowest BCUT2D eigenvalue weighted by atomic mass is 10.0. The van der Waals surface area contributed by atoms with Crippen LogP contribution in [0.4, 0.5) is 20.5 Å². The van der Waals surface area contributed by atoms with Crippen molar-refractivity contribution >= 4 is 28.6 Å². The third-order valence-corrected chi connectivity index (χ3v) is 7.76. The van der Waals surface area contributed by atoms with Crippen LogP contribution >= 0.6 is 0 Å². The first kappa shape index (κ1) is 24.9. The lowest BCUT2D eigenvalue weighted by Gasteiger charge is -2.37. The van der Waals surface area contributed by atoms with Gasteiger partial charge in [0.25, 0.3) is 11.8 Å². The zero-order valence-corrected chi connectivity index (χ0v) is 21.4. The van der Waals surface area contributed by atoms with Gasteiger partial charge < -0.3 is 15.5 Å². The molecule has 2 saturated heterocycles. The Morgan fingerprint density at radius 2 is 1.76 bits per heavy atom. The molecule has 6 rings (SSSR count). The van der Waals surface area contributed by atoms with Crippen LogP contribution in [0.2, 0.25) is 0 Å². The second-order valence-corrected chi connectivity index (χ2v) is 10.6. The molecule has 0 spiro atoms. The number of carbonyl (C=O) groups is 1. The van der Waals surface area contributed by atoms with Gasteiger partial charge in [0.05, 0.1) is 11.6 Å². The monoisotopic (exact) mass is 521 g/mol.